The van der Waals surface area contributed by atoms with Crippen molar-refractivity contribution in [3.63, 3.8) is 0 Å². The Morgan fingerprint density at radius 3 is 2.06 bits per heavy atom. The summed E-state index contributed by atoms with van der Waals surface area (Å²) in [6.45, 7) is 4.60. The van der Waals surface area contributed by atoms with E-state index in [-0.39, 0.29) is 5.57 Å². The van der Waals surface area contributed by atoms with Crippen LogP contribution in [0.2, 0.25) is 0 Å². The summed E-state index contributed by atoms with van der Waals surface area (Å²) in [5.74, 6) is 2.32. The minimum absolute atomic E-state index is 0.176. The van der Waals surface area contributed by atoms with Gasteiger partial charge >= 0.3 is 5.97 Å². The Labute approximate surface area is 102 Å². The summed E-state index contributed by atoms with van der Waals surface area (Å²) in [4.78, 5) is 9.60. The molecule has 17 heavy (non-hydrogen) atoms. The van der Waals surface area contributed by atoms with Crippen LogP contribution in [0.25, 0.3) is 0 Å². The maximum Gasteiger partial charge on any atom is 0.330 e. The molecule has 0 aromatic heterocycles. The van der Waals surface area contributed by atoms with Crippen molar-refractivity contribution in [3.8, 4) is 0 Å². The van der Waals surface area contributed by atoms with Gasteiger partial charge in [-0.3, -0.25) is 0 Å². The zero-order chi connectivity index (χ0) is 12.6. The standard InChI is InChI=1S/C10H14O.C4H6O2/c11-10-8-2-6-1-7(4-8)5-9(10)3-6;1-3(2)4(5)6/h6-8,11H,1-5H2;1H2,2H3,(H,5,6). The number of allylic oxidation sites excluding steroid dienone is 2. The number of aliphatic hydroxyl groups is 1. The van der Waals surface area contributed by atoms with E-state index in [4.69, 9.17) is 5.11 Å². The van der Waals surface area contributed by atoms with Crippen molar-refractivity contribution < 1.29 is 15.0 Å². The predicted octanol–water partition coefficient (Wildman–Crippen LogP) is 3.29. The monoisotopic (exact) mass is 236 g/mol. The molecule has 4 rings (SSSR count). The maximum absolute atomic E-state index is 9.71. The van der Waals surface area contributed by atoms with Gasteiger partial charge in [-0.1, -0.05) is 6.58 Å². The lowest BCUT2D eigenvalue weighted by molar-refractivity contribution is -0.132. The summed E-state index contributed by atoms with van der Waals surface area (Å²) in [6, 6.07) is 0. The van der Waals surface area contributed by atoms with Crippen molar-refractivity contribution in [2.45, 2.75) is 39.0 Å². The summed E-state index contributed by atoms with van der Waals surface area (Å²) in [5, 5.41) is 17.6. The second kappa shape index (κ2) is 4.55. The van der Waals surface area contributed by atoms with Crippen molar-refractivity contribution in [2.75, 3.05) is 0 Å². The number of carbonyl (C=O) groups is 1. The first-order chi connectivity index (χ1) is 7.97. The van der Waals surface area contributed by atoms with E-state index < -0.39 is 5.97 Å². The van der Waals surface area contributed by atoms with Gasteiger partial charge in [-0.05, 0) is 56.4 Å². The van der Waals surface area contributed by atoms with Crippen LogP contribution in [-0.4, -0.2) is 16.2 Å². The lowest BCUT2D eigenvalue weighted by Gasteiger charge is -2.45. The second-order valence-corrected chi connectivity index (χ2v) is 5.62. The van der Waals surface area contributed by atoms with Gasteiger partial charge in [-0.25, -0.2) is 4.79 Å². The Morgan fingerprint density at radius 2 is 1.71 bits per heavy atom. The molecule has 3 heteroatoms. The van der Waals surface area contributed by atoms with E-state index in [9.17, 15) is 9.90 Å². The number of carboxylic acid groups (broad SMARTS) is 1. The molecule has 3 nitrogen and oxygen atoms in total. The van der Waals surface area contributed by atoms with Crippen LogP contribution in [-0.2, 0) is 4.79 Å². The topological polar surface area (TPSA) is 57.5 Å². The van der Waals surface area contributed by atoms with Gasteiger partial charge in [-0.2, -0.15) is 0 Å². The predicted molar refractivity (Wildman–Crippen MR) is 65.7 cm³/mol. The average Bonchev–Trinajstić information content (AvgIpc) is 2.25. The second-order valence-electron chi connectivity index (χ2n) is 5.62. The molecule has 4 aliphatic carbocycles. The fourth-order valence-electron chi connectivity index (χ4n) is 3.40. The highest BCUT2D eigenvalue weighted by atomic mass is 16.4. The first kappa shape index (κ1) is 12.2. The van der Waals surface area contributed by atoms with Gasteiger partial charge in [-0.15, -0.1) is 0 Å². The third kappa shape index (κ3) is 2.54. The summed E-state index contributed by atoms with van der Waals surface area (Å²) >= 11 is 0. The Kier molecular flexibility index (Phi) is 3.27. The van der Waals surface area contributed by atoms with Crippen molar-refractivity contribution in [3.05, 3.63) is 23.5 Å². The molecule has 0 amide bonds. The molecule has 4 aliphatic rings. The van der Waals surface area contributed by atoms with Crippen LogP contribution < -0.4 is 0 Å². The summed E-state index contributed by atoms with van der Waals surface area (Å²) < 4.78 is 0. The molecule has 2 N–H and O–H groups in total. The van der Waals surface area contributed by atoms with Crippen molar-refractivity contribution in [1.29, 1.82) is 0 Å². The van der Waals surface area contributed by atoms with Gasteiger partial charge in [0.05, 0.1) is 5.76 Å². The first-order valence-electron chi connectivity index (χ1n) is 6.27. The van der Waals surface area contributed by atoms with E-state index in [1.54, 1.807) is 0 Å². The highest BCUT2D eigenvalue weighted by molar-refractivity contribution is 5.84. The molecular weight excluding hydrogens is 216 g/mol. The fraction of sp³-hybridized carbons (Fsp3) is 0.643. The maximum atomic E-state index is 9.71. The van der Waals surface area contributed by atoms with E-state index in [0.717, 1.165) is 17.6 Å². The van der Waals surface area contributed by atoms with Gasteiger partial charge < -0.3 is 10.2 Å². The molecule has 0 heterocycles. The SMILES string of the molecule is C=C(C)C(=O)O.OC1=C2CC3CC(C2)CC1C3. The average molecular weight is 236 g/mol. The molecule has 2 saturated carbocycles. The van der Waals surface area contributed by atoms with E-state index in [2.05, 4.69) is 6.58 Å². The number of aliphatic carboxylic acids is 1. The number of hydrogen-bond acceptors (Lipinski definition) is 2. The minimum Gasteiger partial charge on any atom is -0.512 e. The molecule has 2 fully saturated rings. The van der Waals surface area contributed by atoms with E-state index in [1.165, 1.54) is 44.6 Å². The third-order valence-corrected chi connectivity index (χ3v) is 4.09. The van der Waals surface area contributed by atoms with Gasteiger partial charge in [0.2, 0.25) is 0 Å². The van der Waals surface area contributed by atoms with Crippen LogP contribution in [0.3, 0.4) is 0 Å². The molecule has 2 atom stereocenters. The minimum atomic E-state index is -0.935. The zero-order valence-corrected chi connectivity index (χ0v) is 10.3. The summed E-state index contributed by atoms with van der Waals surface area (Å²) in [7, 11) is 0. The van der Waals surface area contributed by atoms with Crippen molar-refractivity contribution in [1.82, 2.24) is 0 Å². The van der Waals surface area contributed by atoms with Gasteiger partial charge in [0.25, 0.3) is 0 Å². The molecule has 0 saturated heterocycles. The normalized spacial score (nSPS) is 33.1. The highest BCUT2D eigenvalue weighted by Gasteiger charge is 2.41. The zero-order valence-electron chi connectivity index (χ0n) is 10.3. The lowest BCUT2D eigenvalue weighted by atomic mass is 9.60. The number of aliphatic hydroxyl groups excluding tert-OH is 1. The Balaban J connectivity index is 0.000000157. The smallest absolute Gasteiger partial charge is 0.330 e. The lowest BCUT2D eigenvalue weighted by Crippen LogP contribution is -2.34. The van der Waals surface area contributed by atoms with Crippen LogP contribution in [0, 0.1) is 17.8 Å². The summed E-state index contributed by atoms with van der Waals surface area (Å²) in [6.07, 6.45) is 6.46. The molecule has 4 bridgehead atoms. The molecule has 2 unspecified atom stereocenters. The summed E-state index contributed by atoms with van der Waals surface area (Å²) in [5.41, 5.74) is 1.59. The molecule has 0 aromatic carbocycles. The third-order valence-electron chi connectivity index (χ3n) is 4.09. The van der Waals surface area contributed by atoms with Crippen LogP contribution in [0.1, 0.15) is 39.0 Å². The van der Waals surface area contributed by atoms with E-state index in [1.807, 2.05) is 0 Å². The Bertz CT molecular complexity index is 353. The molecule has 0 radical (unpaired) electrons. The Hall–Kier alpha value is -1.25. The number of hydrogen-bond donors (Lipinski definition) is 2. The van der Waals surface area contributed by atoms with Gasteiger partial charge in [0, 0.05) is 11.5 Å². The van der Waals surface area contributed by atoms with E-state index in [0.29, 0.717) is 5.92 Å². The number of carboxylic acids is 1. The van der Waals surface area contributed by atoms with E-state index >= 15 is 0 Å². The first-order valence-corrected chi connectivity index (χ1v) is 6.27. The highest BCUT2D eigenvalue weighted by Crippen LogP contribution is 2.52. The van der Waals surface area contributed by atoms with Crippen molar-refractivity contribution in [2.24, 2.45) is 17.8 Å². The quantitative estimate of drug-likeness (QED) is 0.687. The molecule has 94 valence electrons. The van der Waals surface area contributed by atoms with Crippen LogP contribution >= 0.6 is 0 Å². The largest absolute Gasteiger partial charge is 0.512 e. The van der Waals surface area contributed by atoms with Crippen LogP contribution in [0.4, 0.5) is 0 Å². The Morgan fingerprint density at radius 1 is 1.24 bits per heavy atom. The molecule has 0 aliphatic heterocycles. The van der Waals surface area contributed by atoms with Crippen molar-refractivity contribution >= 4 is 5.97 Å². The van der Waals surface area contributed by atoms with Gasteiger partial charge in [0.1, 0.15) is 0 Å². The van der Waals surface area contributed by atoms with Crippen LogP contribution in [0.15, 0.2) is 23.5 Å². The fourth-order valence-corrected chi connectivity index (χ4v) is 3.40. The molecule has 0 spiro atoms. The molecular formula is C14H20O3. The number of rotatable bonds is 1. The van der Waals surface area contributed by atoms with Crippen LogP contribution in [0.5, 0.6) is 0 Å². The molecule has 0 aromatic rings. The van der Waals surface area contributed by atoms with Gasteiger partial charge in [0.15, 0.2) is 0 Å².